The molecule has 1 rings (SSSR count). The number of amides is 1. The Morgan fingerprint density at radius 1 is 1.50 bits per heavy atom. The lowest BCUT2D eigenvalue weighted by Crippen LogP contribution is -2.37. The van der Waals surface area contributed by atoms with E-state index in [1.54, 1.807) is 25.1 Å². The van der Waals surface area contributed by atoms with Crippen LogP contribution in [0, 0.1) is 5.82 Å². The van der Waals surface area contributed by atoms with Crippen molar-refractivity contribution in [1.29, 1.82) is 0 Å². The molecule has 0 bridgehead atoms. The summed E-state index contributed by atoms with van der Waals surface area (Å²) < 4.78 is 12.6. The number of rotatable bonds is 5. The minimum Gasteiger partial charge on any atom is -0.374 e. The standard InChI is InChI=1S/C12H15FN2O/c1-3-8-14-12(16)9(2)15-11-6-4-10(13)5-7-11/h3-7,9,15H,1,8H2,2H3,(H,14,16)/t9-/m1/s1. The van der Waals surface area contributed by atoms with Crippen LogP contribution >= 0.6 is 0 Å². The van der Waals surface area contributed by atoms with Gasteiger partial charge in [0.2, 0.25) is 5.91 Å². The summed E-state index contributed by atoms with van der Waals surface area (Å²) in [6.45, 7) is 5.69. The van der Waals surface area contributed by atoms with Gasteiger partial charge in [-0.15, -0.1) is 6.58 Å². The molecule has 0 saturated carbocycles. The van der Waals surface area contributed by atoms with Gasteiger partial charge in [0.1, 0.15) is 11.9 Å². The molecule has 2 N–H and O–H groups in total. The van der Waals surface area contributed by atoms with Crippen molar-refractivity contribution in [3.05, 3.63) is 42.7 Å². The minimum absolute atomic E-state index is 0.121. The van der Waals surface area contributed by atoms with Crippen LogP contribution < -0.4 is 10.6 Å². The van der Waals surface area contributed by atoms with E-state index >= 15 is 0 Å². The van der Waals surface area contributed by atoms with Crippen LogP contribution in [0.3, 0.4) is 0 Å². The second-order valence-electron chi connectivity index (χ2n) is 3.41. The molecule has 1 atom stereocenters. The average molecular weight is 222 g/mol. The van der Waals surface area contributed by atoms with E-state index in [1.807, 2.05) is 0 Å². The van der Waals surface area contributed by atoms with Gasteiger partial charge >= 0.3 is 0 Å². The molecule has 0 fully saturated rings. The molecule has 1 aromatic carbocycles. The largest absolute Gasteiger partial charge is 0.374 e. The van der Waals surface area contributed by atoms with E-state index < -0.39 is 0 Å². The molecule has 1 amide bonds. The summed E-state index contributed by atoms with van der Waals surface area (Å²) in [5, 5.41) is 5.63. The van der Waals surface area contributed by atoms with Crippen LogP contribution in [0.4, 0.5) is 10.1 Å². The Labute approximate surface area is 94.4 Å². The second kappa shape index (κ2) is 5.90. The zero-order valence-corrected chi connectivity index (χ0v) is 9.16. The number of hydrogen-bond acceptors (Lipinski definition) is 2. The molecule has 0 aliphatic rings. The molecule has 4 heteroatoms. The lowest BCUT2D eigenvalue weighted by Gasteiger charge is -2.14. The second-order valence-corrected chi connectivity index (χ2v) is 3.41. The molecule has 0 heterocycles. The molecular formula is C12H15FN2O. The van der Waals surface area contributed by atoms with Gasteiger partial charge in [-0.05, 0) is 31.2 Å². The summed E-state index contributed by atoms with van der Waals surface area (Å²) in [7, 11) is 0. The van der Waals surface area contributed by atoms with Gasteiger partial charge in [-0.3, -0.25) is 4.79 Å². The Hall–Kier alpha value is -1.84. The summed E-state index contributed by atoms with van der Waals surface area (Å²) in [6, 6.07) is 5.50. The lowest BCUT2D eigenvalue weighted by molar-refractivity contribution is -0.121. The zero-order valence-electron chi connectivity index (χ0n) is 9.16. The normalized spacial score (nSPS) is 11.6. The third-order valence-corrected chi connectivity index (χ3v) is 2.04. The van der Waals surface area contributed by atoms with E-state index in [9.17, 15) is 9.18 Å². The quantitative estimate of drug-likeness (QED) is 0.747. The van der Waals surface area contributed by atoms with E-state index in [0.717, 1.165) is 0 Å². The summed E-state index contributed by atoms with van der Waals surface area (Å²) in [6.07, 6.45) is 1.61. The smallest absolute Gasteiger partial charge is 0.242 e. The molecule has 1 aromatic rings. The van der Waals surface area contributed by atoms with Crippen molar-refractivity contribution in [2.45, 2.75) is 13.0 Å². The topological polar surface area (TPSA) is 41.1 Å². The van der Waals surface area contributed by atoms with Crippen LogP contribution in [-0.2, 0) is 4.79 Å². The fourth-order valence-electron chi connectivity index (χ4n) is 1.19. The number of halogens is 1. The van der Waals surface area contributed by atoms with Gasteiger partial charge in [0.15, 0.2) is 0 Å². The average Bonchev–Trinajstić information content (AvgIpc) is 2.29. The molecule has 16 heavy (non-hydrogen) atoms. The van der Waals surface area contributed by atoms with Crippen molar-refractivity contribution < 1.29 is 9.18 Å². The van der Waals surface area contributed by atoms with Crippen molar-refractivity contribution in [3.8, 4) is 0 Å². The molecule has 0 aromatic heterocycles. The first-order chi connectivity index (χ1) is 7.63. The first-order valence-corrected chi connectivity index (χ1v) is 5.04. The van der Waals surface area contributed by atoms with Crippen molar-refractivity contribution in [2.24, 2.45) is 0 Å². The summed E-state index contributed by atoms with van der Waals surface area (Å²) in [5.41, 5.74) is 0.711. The Balaban J connectivity index is 2.50. The summed E-state index contributed by atoms with van der Waals surface area (Å²) in [5.74, 6) is -0.418. The highest BCUT2D eigenvalue weighted by molar-refractivity contribution is 5.84. The van der Waals surface area contributed by atoms with Gasteiger partial charge in [-0.25, -0.2) is 4.39 Å². The fourth-order valence-corrected chi connectivity index (χ4v) is 1.19. The Morgan fingerprint density at radius 2 is 2.12 bits per heavy atom. The maximum absolute atomic E-state index is 12.6. The number of anilines is 1. The van der Waals surface area contributed by atoms with Gasteiger partial charge in [0, 0.05) is 12.2 Å². The first-order valence-electron chi connectivity index (χ1n) is 5.04. The molecule has 0 spiro atoms. The number of carbonyl (C=O) groups excluding carboxylic acids is 1. The molecule has 86 valence electrons. The fraction of sp³-hybridized carbons (Fsp3) is 0.250. The van der Waals surface area contributed by atoms with Crippen LogP contribution in [0.25, 0.3) is 0 Å². The predicted molar refractivity (Wildman–Crippen MR) is 62.7 cm³/mol. The summed E-state index contributed by atoms with van der Waals surface area (Å²) in [4.78, 5) is 11.5. The maximum Gasteiger partial charge on any atom is 0.242 e. The van der Waals surface area contributed by atoms with Gasteiger partial charge in [-0.2, -0.15) is 0 Å². The van der Waals surface area contributed by atoms with E-state index in [4.69, 9.17) is 0 Å². The first kappa shape index (κ1) is 12.2. The van der Waals surface area contributed by atoms with Gasteiger partial charge in [-0.1, -0.05) is 6.08 Å². The highest BCUT2D eigenvalue weighted by Crippen LogP contribution is 2.09. The molecular weight excluding hydrogens is 207 g/mol. The number of carbonyl (C=O) groups is 1. The van der Waals surface area contributed by atoms with Crippen molar-refractivity contribution in [2.75, 3.05) is 11.9 Å². The SMILES string of the molecule is C=CCNC(=O)[C@@H](C)Nc1ccc(F)cc1. The van der Waals surface area contributed by atoms with E-state index in [2.05, 4.69) is 17.2 Å². The Morgan fingerprint density at radius 3 is 2.69 bits per heavy atom. The maximum atomic E-state index is 12.6. The van der Waals surface area contributed by atoms with E-state index in [-0.39, 0.29) is 17.8 Å². The zero-order chi connectivity index (χ0) is 12.0. The monoisotopic (exact) mass is 222 g/mol. The highest BCUT2D eigenvalue weighted by atomic mass is 19.1. The van der Waals surface area contributed by atoms with E-state index in [0.29, 0.717) is 12.2 Å². The molecule has 0 unspecified atom stereocenters. The number of hydrogen-bond donors (Lipinski definition) is 2. The van der Waals surface area contributed by atoms with Crippen LogP contribution in [0.5, 0.6) is 0 Å². The van der Waals surface area contributed by atoms with Crippen molar-refractivity contribution in [3.63, 3.8) is 0 Å². The Bertz CT molecular complexity index is 362. The van der Waals surface area contributed by atoms with Gasteiger partial charge in [0.05, 0.1) is 0 Å². The molecule has 3 nitrogen and oxygen atoms in total. The van der Waals surface area contributed by atoms with Crippen LogP contribution in [0.2, 0.25) is 0 Å². The minimum atomic E-state index is -0.370. The predicted octanol–water partition coefficient (Wildman–Crippen LogP) is 1.93. The van der Waals surface area contributed by atoms with Crippen LogP contribution in [0.15, 0.2) is 36.9 Å². The van der Waals surface area contributed by atoms with Crippen LogP contribution in [0.1, 0.15) is 6.92 Å². The Kier molecular flexibility index (Phi) is 4.51. The van der Waals surface area contributed by atoms with Gasteiger partial charge < -0.3 is 10.6 Å². The van der Waals surface area contributed by atoms with Crippen molar-refractivity contribution >= 4 is 11.6 Å². The lowest BCUT2D eigenvalue weighted by atomic mass is 10.2. The number of benzene rings is 1. The number of nitrogens with one attached hydrogen (secondary N) is 2. The summed E-state index contributed by atoms with van der Waals surface area (Å²) >= 11 is 0. The molecule has 0 aliphatic carbocycles. The van der Waals surface area contributed by atoms with Crippen LogP contribution in [-0.4, -0.2) is 18.5 Å². The molecule has 0 saturated heterocycles. The van der Waals surface area contributed by atoms with Crippen molar-refractivity contribution in [1.82, 2.24) is 5.32 Å². The van der Waals surface area contributed by atoms with Gasteiger partial charge in [0.25, 0.3) is 0 Å². The third-order valence-electron chi connectivity index (χ3n) is 2.04. The van der Waals surface area contributed by atoms with E-state index in [1.165, 1.54) is 12.1 Å². The highest BCUT2D eigenvalue weighted by Gasteiger charge is 2.10. The third kappa shape index (κ3) is 3.73. The molecule has 0 aliphatic heterocycles. The molecule has 0 radical (unpaired) electrons.